The summed E-state index contributed by atoms with van der Waals surface area (Å²) in [5.41, 5.74) is 3.20. The Morgan fingerprint density at radius 2 is 1.36 bits per heavy atom. The van der Waals surface area contributed by atoms with Crippen LogP contribution in [-0.4, -0.2) is 15.0 Å². The highest BCUT2D eigenvalue weighted by Crippen LogP contribution is 2.40. The molecular weight excluding hydrogens is 483 g/mol. The van der Waals surface area contributed by atoms with E-state index in [1.165, 1.54) is 0 Å². The maximum absolute atomic E-state index is 5.89. The molecule has 0 saturated carbocycles. The Morgan fingerprint density at radius 1 is 0.786 bits per heavy atom. The number of halogens is 6. The Morgan fingerprint density at radius 3 is 1.86 bits per heavy atom. The van der Waals surface area contributed by atoms with Gasteiger partial charge >= 0.3 is 0 Å². The van der Waals surface area contributed by atoms with E-state index in [0.717, 1.165) is 23.1 Å². The number of hydrogen-bond donors (Lipinski definition) is 0. The summed E-state index contributed by atoms with van der Waals surface area (Å²) in [4.78, 5) is 12.2. The molecular formula is C19H15Cl6N3. The van der Waals surface area contributed by atoms with Crippen LogP contribution >= 0.6 is 69.6 Å². The van der Waals surface area contributed by atoms with Crippen LogP contribution in [0.5, 0.6) is 0 Å². The minimum Gasteiger partial charge on any atom is -0.209 e. The molecule has 28 heavy (non-hydrogen) atoms. The van der Waals surface area contributed by atoms with Crippen molar-refractivity contribution in [1.29, 1.82) is 0 Å². The van der Waals surface area contributed by atoms with Crippen LogP contribution in [0.2, 0.25) is 0 Å². The Labute approximate surface area is 194 Å². The zero-order valence-electron chi connectivity index (χ0n) is 14.5. The summed E-state index contributed by atoms with van der Waals surface area (Å²) < 4.78 is -3.78. The largest absolute Gasteiger partial charge is 0.250 e. The molecule has 0 unspecified atom stereocenters. The lowest BCUT2D eigenvalue weighted by atomic mass is 9.99. The third kappa shape index (κ3) is 6.62. The van der Waals surface area contributed by atoms with Crippen molar-refractivity contribution >= 4 is 81.8 Å². The molecule has 1 aromatic heterocycles. The van der Waals surface area contributed by atoms with Crippen LogP contribution in [0.1, 0.15) is 34.2 Å². The van der Waals surface area contributed by atoms with Gasteiger partial charge in [-0.2, -0.15) is 0 Å². The predicted octanol–water partition coefficient (Wildman–Crippen LogP) is 7.15. The highest BCUT2D eigenvalue weighted by Gasteiger charge is 2.33. The fourth-order valence-corrected chi connectivity index (χ4v) is 2.84. The van der Waals surface area contributed by atoms with E-state index in [1.54, 1.807) is 6.08 Å². The quantitative estimate of drug-likeness (QED) is 0.314. The second-order valence-electron chi connectivity index (χ2n) is 5.69. The van der Waals surface area contributed by atoms with Gasteiger partial charge in [0.2, 0.25) is 7.59 Å². The third-order valence-corrected chi connectivity index (χ3v) is 4.54. The Bertz CT molecular complexity index is 865. The van der Waals surface area contributed by atoms with E-state index in [1.807, 2.05) is 30.4 Å². The Balaban J connectivity index is 2.48. The fourth-order valence-electron chi connectivity index (χ4n) is 2.33. The van der Waals surface area contributed by atoms with Gasteiger partial charge in [-0.15, -0.1) is 13.2 Å². The average Bonchev–Trinajstić information content (AvgIpc) is 2.60. The molecule has 0 aliphatic heterocycles. The monoisotopic (exact) mass is 495 g/mol. The molecule has 0 bridgehead atoms. The van der Waals surface area contributed by atoms with Gasteiger partial charge in [-0.3, -0.25) is 0 Å². The highest BCUT2D eigenvalue weighted by atomic mass is 35.6. The Kier molecular flexibility index (Phi) is 8.21. The smallest absolute Gasteiger partial charge is 0.209 e. The summed E-state index contributed by atoms with van der Waals surface area (Å²) in [6.07, 6.45) is 8.62. The maximum atomic E-state index is 5.89. The number of hydrogen-bond acceptors (Lipinski definition) is 3. The average molecular weight is 498 g/mol. The first-order valence-electron chi connectivity index (χ1n) is 7.96. The molecule has 0 fully saturated rings. The van der Waals surface area contributed by atoms with Crippen LogP contribution in [0.3, 0.4) is 0 Å². The van der Waals surface area contributed by atoms with Crippen LogP contribution in [-0.2, 0) is 20.4 Å². The van der Waals surface area contributed by atoms with Gasteiger partial charge in [0, 0.05) is 0 Å². The van der Waals surface area contributed by atoms with Gasteiger partial charge in [0.05, 0.1) is 0 Å². The molecule has 0 amide bonds. The number of aromatic nitrogens is 3. The van der Waals surface area contributed by atoms with Crippen molar-refractivity contribution in [1.82, 2.24) is 15.0 Å². The predicted molar refractivity (Wildman–Crippen MR) is 121 cm³/mol. The zero-order valence-corrected chi connectivity index (χ0v) is 19.0. The molecule has 1 heterocycles. The topological polar surface area (TPSA) is 38.7 Å². The van der Waals surface area contributed by atoms with E-state index in [4.69, 9.17) is 69.6 Å². The number of allylic oxidation sites excluding steroid dienone is 2. The standard InChI is InChI=1S/C19H15Cl6N3/c1-3-5-12-7-8-13(14(11-12)6-4-2)9-10-15-26-16(18(20,21)22)28-17(27-15)19(23,24)25/h3-4,7-11H,1-2,5-6H2/b10-9+. The second kappa shape index (κ2) is 9.80. The van der Waals surface area contributed by atoms with Crippen molar-refractivity contribution in [2.24, 2.45) is 0 Å². The molecule has 2 aromatic rings. The van der Waals surface area contributed by atoms with Crippen LogP contribution in [0.4, 0.5) is 0 Å². The Hall–Kier alpha value is -0.810. The highest BCUT2D eigenvalue weighted by molar-refractivity contribution is 6.67. The summed E-state index contributed by atoms with van der Waals surface area (Å²) in [6, 6.07) is 6.10. The van der Waals surface area contributed by atoms with Gasteiger partial charge in [0.25, 0.3) is 0 Å². The van der Waals surface area contributed by atoms with Crippen LogP contribution in [0, 0.1) is 0 Å². The molecule has 0 radical (unpaired) electrons. The first-order valence-corrected chi connectivity index (χ1v) is 10.2. The van der Waals surface area contributed by atoms with Crippen LogP contribution in [0.15, 0.2) is 43.5 Å². The summed E-state index contributed by atoms with van der Waals surface area (Å²) in [7, 11) is 0. The summed E-state index contributed by atoms with van der Waals surface area (Å²) in [6.45, 7) is 7.57. The SMILES string of the molecule is C=CCc1ccc(/C=C/c2nc(C(Cl)(Cl)Cl)nc(C(Cl)(Cl)Cl)n2)c(CC=C)c1. The van der Waals surface area contributed by atoms with Crippen molar-refractivity contribution in [3.05, 3.63) is 77.7 Å². The number of nitrogens with zero attached hydrogens (tertiary/aromatic N) is 3. The van der Waals surface area contributed by atoms with Gasteiger partial charge in [0.1, 0.15) is 0 Å². The van der Waals surface area contributed by atoms with Crippen molar-refractivity contribution < 1.29 is 0 Å². The van der Waals surface area contributed by atoms with Crippen LogP contribution < -0.4 is 0 Å². The summed E-state index contributed by atoms with van der Waals surface area (Å²) >= 11 is 35.3. The van der Waals surface area contributed by atoms with E-state index < -0.39 is 7.59 Å². The minimum absolute atomic E-state index is 0.138. The lowest BCUT2D eigenvalue weighted by molar-refractivity contribution is 0.835. The van der Waals surface area contributed by atoms with Crippen molar-refractivity contribution in [2.45, 2.75) is 20.4 Å². The number of benzene rings is 1. The minimum atomic E-state index is -1.89. The number of alkyl halides is 6. The third-order valence-electron chi connectivity index (χ3n) is 3.52. The molecule has 1 aromatic carbocycles. The summed E-state index contributed by atoms with van der Waals surface area (Å²) in [5, 5.41) is 0. The molecule has 0 N–H and O–H groups in total. The van der Waals surface area contributed by atoms with E-state index in [9.17, 15) is 0 Å². The second-order valence-corrected chi connectivity index (χ2v) is 10.3. The van der Waals surface area contributed by atoms with Gasteiger partial charge in [-0.1, -0.05) is 106 Å². The fraction of sp³-hybridized carbons (Fsp3) is 0.211. The summed E-state index contributed by atoms with van der Waals surface area (Å²) in [5.74, 6) is -0.0837. The van der Waals surface area contributed by atoms with Crippen molar-refractivity contribution in [3.8, 4) is 0 Å². The van der Waals surface area contributed by atoms with E-state index in [0.29, 0.717) is 6.42 Å². The molecule has 2 rings (SSSR count). The van der Waals surface area contributed by atoms with E-state index in [2.05, 4.69) is 34.2 Å². The molecule has 9 heteroatoms. The van der Waals surface area contributed by atoms with Gasteiger partial charge in [-0.05, 0) is 35.6 Å². The molecule has 0 atom stereocenters. The first-order chi connectivity index (χ1) is 13.0. The molecule has 0 aliphatic carbocycles. The molecule has 0 aliphatic rings. The van der Waals surface area contributed by atoms with E-state index in [-0.39, 0.29) is 17.5 Å². The van der Waals surface area contributed by atoms with E-state index >= 15 is 0 Å². The van der Waals surface area contributed by atoms with Gasteiger partial charge in [0.15, 0.2) is 17.5 Å². The van der Waals surface area contributed by atoms with Gasteiger partial charge < -0.3 is 0 Å². The normalized spacial score (nSPS) is 12.4. The molecule has 3 nitrogen and oxygen atoms in total. The number of rotatable bonds is 6. The zero-order chi connectivity index (χ0) is 20.9. The van der Waals surface area contributed by atoms with Crippen molar-refractivity contribution in [2.75, 3.05) is 0 Å². The van der Waals surface area contributed by atoms with Crippen LogP contribution in [0.25, 0.3) is 12.2 Å². The van der Waals surface area contributed by atoms with Crippen molar-refractivity contribution in [3.63, 3.8) is 0 Å². The lowest BCUT2D eigenvalue weighted by Gasteiger charge is -2.14. The lowest BCUT2D eigenvalue weighted by Crippen LogP contribution is -2.16. The molecule has 0 spiro atoms. The maximum Gasteiger partial charge on any atom is 0.250 e. The molecule has 148 valence electrons. The first kappa shape index (κ1) is 23.5. The molecule has 0 saturated heterocycles. The van der Waals surface area contributed by atoms with Gasteiger partial charge in [-0.25, -0.2) is 15.0 Å².